The van der Waals surface area contributed by atoms with Crippen LogP contribution in [0.2, 0.25) is 0 Å². The van der Waals surface area contributed by atoms with E-state index in [4.69, 9.17) is 9.90 Å². The zero-order valence-electron chi connectivity index (χ0n) is 9.97. The number of hydrogen-bond donors (Lipinski definition) is 1. The van der Waals surface area contributed by atoms with Gasteiger partial charge in [-0.3, -0.25) is 14.8 Å². The molecule has 0 unspecified atom stereocenters. The van der Waals surface area contributed by atoms with E-state index in [1.54, 1.807) is 0 Å². The van der Waals surface area contributed by atoms with Crippen molar-refractivity contribution < 1.29 is 18.2 Å². The maximum absolute atomic E-state index is 9.00. The number of carboxylic acid groups (broad SMARTS) is 1. The Labute approximate surface area is 89.3 Å². The quantitative estimate of drug-likeness (QED) is 0.571. The summed E-state index contributed by atoms with van der Waals surface area (Å²) in [5.74, 6) is -0.833. The fourth-order valence-electron chi connectivity index (χ4n) is 0. The summed E-state index contributed by atoms with van der Waals surface area (Å²) >= 11 is 0. The molecular weight excluding hydrogens is 176 g/mol. The van der Waals surface area contributed by atoms with Gasteiger partial charge in [0.15, 0.2) is 0 Å². The molecule has 0 aromatic rings. The van der Waals surface area contributed by atoms with Crippen LogP contribution in [0.5, 0.6) is 0 Å². The third kappa shape index (κ3) is 2580. The summed E-state index contributed by atoms with van der Waals surface area (Å²) in [7, 11) is -0.167. The Morgan fingerprint density at radius 1 is 1.27 bits per heavy atom. The summed E-state index contributed by atoms with van der Waals surface area (Å²) in [6, 6.07) is 0. The molecule has 3 nitrogen and oxygen atoms in total. The molecule has 0 heterocycles. The second-order valence-electron chi connectivity index (χ2n) is 2.97. The first kappa shape index (κ1) is 22.6. The van der Waals surface area contributed by atoms with E-state index >= 15 is 0 Å². The molecule has 0 atom stereocenters. The molecule has 0 saturated heterocycles. The van der Waals surface area contributed by atoms with Gasteiger partial charge in [-0.2, -0.15) is 0 Å². The molecule has 0 aliphatic heterocycles. The van der Waals surface area contributed by atoms with Crippen LogP contribution in [0.15, 0.2) is 0 Å². The average molecular weight is 197 g/mol. The first-order valence-corrected chi connectivity index (χ1v) is 5.83. The van der Waals surface area contributed by atoms with Crippen LogP contribution in [0.1, 0.15) is 9.78 Å². The molecule has 0 aromatic heterocycles. The molecule has 11 heavy (non-hydrogen) atoms. The van der Waals surface area contributed by atoms with Gasteiger partial charge in [0.05, 0.1) is 0 Å². The van der Waals surface area contributed by atoms with Gasteiger partial charge in [0.1, 0.15) is 0 Å². The van der Waals surface area contributed by atoms with E-state index in [1.165, 1.54) is 0 Å². The van der Waals surface area contributed by atoms with Gasteiger partial charge in [0.2, 0.25) is 0 Å². The number of rotatable bonds is 0. The van der Waals surface area contributed by atoms with Crippen LogP contribution in [0, 0.1) is 0 Å². The minimum atomic E-state index is -0.833. The summed E-state index contributed by atoms with van der Waals surface area (Å²) in [6.45, 7) is 1.08. The van der Waals surface area contributed by atoms with E-state index in [0.717, 1.165) is 6.92 Å². The van der Waals surface area contributed by atoms with Crippen molar-refractivity contribution in [3.8, 4) is 0 Å². The van der Waals surface area contributed by atoms with Crippen molar-refractivity contribution in [1.29, 1.82) is 0 Å². The number of aliphatic carboxylic acids is 1. The van der Waals surface area contributed by atoms with Gasteiger partial charge in [-0.15, -0.1) is 0 Å². The Bertz CT molecular complexity index is 88.4. The molecule has 0 aliphatic carbocycles. The van der Waals surface area contributed by atoms with Gasteiger partial charge in [-0.25, -0.2) is 0 Å². The van der Waals surface area contributed by atoms with Crippen molar-refractivity contribution in [2.24, 2.45) is 0 Å². The van der Waals surface area contributed by atoms with Crippen molar-refractivity contribution >= 4 is 39.1 Å². The van der Waals surface area contributed by atoms with Crippen molar-refractivity contribution in [3.63, 3.8) is 0 Å². The maximum atomic E-state index is 9.00. The van der Waals surface area contributed by atoms with Crippen molar-refractivity contribution in [3.05, 3.63) is 0 Å². The van der Waals surface area contributed by atoms with Gasteiger partial charge in [-0.05, 0) is 25.0 Å². The zero-order chi connectivity index (χ0) is 8.08. The minimum absolute atomic E-state index is 0. The van der Waals surface area contributed by atoms with Crippen molar-refractivity contribution in [2.45, 2.75) is 6.92 Å². The molecule has 0 saturated carbocycles. The van der Waals surface area contributed by atoms with Gasteiger partial charge in [-0.1, -0.05) is 0 Å². The number of carboxylic acids is 1. The van der Waals surface area contributed by atoms with Gasteiger partial charge >= 0.3 is 23.1 Å². The fraction of sp³-hybridized carbons (Fsp3) is 0.833. The third-order valence-corrected chi connectivity index (χ3v) is 0. The van der Waals surface area contributed by atoms with Crippen LogP contribution in [-0.4, -0.2) is 64.6 Å². The van der Waals surface area contributed by atoms with Gasteiger partial charge < -0.3 is 13.4 Å². The Balaban J connectivity index is -0.0000000146. The van der Waals surface area contributed by atoms with E-state index in [9.17, 15) is 0 Å². The van der Waals surface area contributed by atoms with Crippen LogP contribution in [-0.2, 0) is 4.79 Å². The first-order chi connectivity index (χ1) is 3.73. The Morgan fingerprint density at radius 2 is 1.27 bits per heavy atom. The monoisotopic (exact) mass is 196 g/mol. The van der Waals surface area contributed by atoms with Crippen LogP contribution < -0.4 is 0 Å². The average Bonchev–Trinajstić information content (AvgIpc) is 1.19. The zero-order valence-corrected chi connectivity index (χ0v) is 10.2. The second kappa shape index (κ2) is 10.5. The van der Waals surface area contributed by atoms with Crippen LogP contribution in [0.4, 0.5) is 0 Å². The molecule has 0 spiro atoms. The predicted octanol–water partition coefficient (Wildman–Crippen LogP) is 0.421. The van der Waals surface area contributed by atoms with Gasteiger partial charge in [0, 0.05) is 6.92 Å². The molecular formula is C6H20MgO3S. The third-order valence-electron chi connectivity index (χ3n) is 0. The molecule has 5 heteroatoms. The van der Waals surface area contributed by atoms with Crippen molar-refractivity contribution in [2.75, 3.05) is 25.0 Å². The van der Waals surface area contributed by atoms with Crippen LogP contribution in [0.25, 0.3) is 0 Å². The molecule has 0 amide bonds. The Morgan fingerprint density at radius 3 is 1.27 bits per heavy atom. The summed E-state index contributed by atoms with van der Waals surface area (Å²) in [6.07, 6.45) is 9.08. The van der Waals surface area contributed by atoms with E-state index in [-0.39, 0.29) is 41.4 Å². The van der Waals surface area contributed by atoms with Crippen molar-refractivity contribution in [1.82, 2.24) is 0 Å². The largest absolute Gasteiger partial charge is 2.00 e. The number of carbonyl (C=O) groups is 1. The topological polar surface area (TPSA) is 68.8 Å². The molecule has 3 N–H and O–H groups in total. The van der Waals surface area contributed by atoms with E-state index in [2.05, 4.69) is 25.0 Å². The molecule has 0 rings (SSSR count). The SMILES string of the molecule is CC(=O)O.CS(C)(C)C.O.[H-].[H-].[Mg+2]. The molecule has 0 aliphatic rings. The number of hydrogen-bond acceptors (Lipinski definition) is 1. The predicted molar refractivity (Wildman–Crippen MR) is 56.2 cm³/mol. The van der Waals surface area contributed by atoms with Gasteiger partial charge in [0.25, 0.3) is 5.97 Å². The molecule has 0 radical (unpaired) electrons. The summed E-state index contributed by atoms with van der Waals surface area (Å²) in [5, 5.41) is 7.42. The summed E-state index contributed by atoms with van der Waals surface area (Å²) < 4.78 is 0. The normalized spacial score (nSPS) is 9.18. The summed E-state index contributed by atoms with van der Waals surface area (Å²) in [4.78, 5) is 9.00. The first-order valence-electron chi connectivity index (χ1n) is 2.56. The maximum Gasteiger partial charge on any atom is 2.00 e. The smallest absolute Gasteiger partial charge is 1.00 e. The molecule has 70 valence electrons. The van der Waals surface area contributed by atoms with Crippen LogP contribution >= 0.6 is 10.0 Å². The molecule has 0 aromatic carbocycles. The van der Waals surface area contributed by atoms with E-state index in [1.807, 2.05) is 0 Å². The van der Waals surface area contributed by atoms with E-state index < -0.39 is 5.97 Å². The fourth-order valence-corrected chi connectivity index (χ4v) is 0. The van der Waals surface area contributed by atoms with Crippen LogP contribution in [0.3, 0.4) is 0 Å². The summed E-state index contributed by atoms with van der Waals surface area (Å²) in [5.41, 5.74) is 0. The Hall–Kier alpha value is 0.546. The molecule has 0 fully saturated rings. The molecule has 0 bridgehead atoms. The second-order valence-corrected chi connectivity index (χ2v) is 7.87. The van der Waals surface area contributed by atoms with E-state index in [0.29, 0.717) is 0 Å². The Kier molecular flexibility index (Phi) is 21.6. The standard InChI is InChI=1S/C4H12S.C2H4O2.Mg.H2O.2H/c1-5(2,3)4;1-2(3)4;;;;/h1-4H3;1H3,(H,3,4);;1H2;;/q;;+2;;2*-1. The minimum Gasteiger partial charge on any atom is -1.00 e.